The van der Waals surface area contributed by atoms with Gasteiger partial charge in [-0.15, -0.1) is 0 Å². The zero-order chi connectivity index (χ0) is 15.1. The summed E-state index contributed by atoms with van der Waals surface area (Å²) in [6, 6.07) is 0. The standard InChI is InChI=1S/C13H17NO5/c1-9(2)11(15)17-6-13(5,19-8-14)7-18-12(16)10(3)4/h1,3,6-7H2,2,4-5H3. The van der Waals surface area contributed by atoms with E-state index < -0.39 is 17.5 Å². The van der Waals surface area contributed by atoms with Gasteiger partial charge in [-0.05, 0) is 20.8 Å². The van der Waals surface area contributed by atoms with Crippen molar-refractivity contribution < 1.29 is 23.8 Å². The van der Waals surface area contributed by atoms with E-state index in [0.29, 0.717) is 0 Å². The first-order valence-corrected chi connectivity index (χ1v) is 5.44. The molecule has 6 heteroatoms. The molecule has 0 unspecified atom stereocenters. The fourth-order valence-corrected chi connectivity index (χ4v) is 0.894. The van der Waals surface area contributed by atoms with Crippen LogP contribution in [0.4, 0.5) is 0 Å². The fourth-order valence-electron chi connectivity index (χ4n) is 0.894. The van der Waals surface area contributed by atoms with Gasteiger partial charge in [-0.2, -0.15) is 5.26 Å². The van der Waals surface area contributed by atoms with Crippen molar-refractivity contribution in [3.8, 4) is 6.26 Å². The van der Waals surface area contributed by atoms with Gasteiger partial charge < -0.3 is 14.2 Å². The molecule has 0 saturated heterocycles. The number of hydrogen-bond acceptors (Lipinski definition) is 6. The average molecular weight is 267 g/mol. The SMILES string of the molecule is C=C(C)C(=O)OCC(C)(COC(=O)C(=C)C)OC#N. The van der Waals surface area contributed by atoms with Crippen molar-refractivity contribution in [3.05, 3.63) is 24.3 Å². The summed E-state index contributed by atoms with van der Waals surface area (Å²) >= 11 is 0. The van der Waals surface area contributed by atoms with Gasteiger partial charge in [0.25, 0.3) is 6.26 Å². The molecule has 0 saturated carbocycles. The molecule has 0 aliphatic rings. The number of carbonyl (C=O) groups is 2. The highest BCUT2D eigenvalue weighted by Crippen LogP contribution is 2.13. The quantitative estimate of drug-likeness (QED) is 0.394. The van der Waals surface area contributed by atoms with Crippen LogP contribution in [0.25, 0.3) is 0 Å². The lowest BCUT2D eigenvalue weighted by atomic mass is 10.1. The van der Waals surface area contributed by atoms with Crippen LogP contribution in [-0.4, -0.2) is 30.8 Å². The first-order valence-electron chi connectivity index (χ1n) is 5.44. The average Bonchev–Trinajstić information content (AvgIpc) is 2.33. The van der Waals surface area contributed by atoms with Crippen LogP contribution in [0.5, 0.6) is 0 Å². The predicted octanol–water partition coefficient (Wildman–Crippen LogP) is 1.48. The minimum Gasteiger partial charge on any atom is -0.458 e. The molecule has 0 radical (unpaired) electrons. The number of nitriles is 1. The second kappa shape index (κ2) is 7.21. The van der Waals surface area contributed by atoms with Gasteiger partial charge in [-0.25, -0.2) is 9.59 Å². The number of ether oxygens (including phenoxy) is 3. The summed E-state index contributed by atoms with van der Waals surface area (Å²) in [5, 5.41) is 8.56. The van der Waals surface area contributed by atoms with E-state index in [0.717, 1.165) is 0 Å². The van der Waals surface area contributed by atoms with Crippen LogP contribution in [0.2, 0.25) is 0 Å². The van der Waals surface area contributed by atoms with E-state index in [-0.39, 0.29) is 24.4 Å². The van der Waals surface area contributed by atoms with E-state index in [1.807, 2.05) is 0 Å². The van der Waals surface area contributed by atoms with Crippen molar-refractivity contribution >= 4 is 11.9 Å². The molecule has 0 aromatic heterocycles. The molecule has 0 N–H and O–H groups in total. The highest BCUT2D eigenvalue weighted by atomic mass is 16.6. The fraction of sp³-hybridized carbons (Fsp3) is 0.462. The number of hydrogen-bond donors (Lipinski definition) is 0. The maximum absolute atomic E-state index is 11.3. The Morgan fingerprint density at radius 2 is 1.47 bits per heavy atom. The number of rotatable bonds is 7. The van der Waals surface area contributed by atoms with Crippen molar-refractivity contribution in [1.29, 1.82) is 5.26 Å². The second-order valence-electron chi connectivity index (χ2n) is 4.36. The summed E-state index contributed by atoms with van der Waals surface area (Å²) < 4.78 is 14.6. The Balaban J connectivity index is 4.54. The van der Waals surface area contributed by atoms with Crippen molar-refractivity contribution in [3.63, 3.8) is 0 Å². The van der Waals surface area contributed by atoms with Gasteiger partial charge in [0.05, 0.1) is 0 Å². The molecule has 19 heavy (non-hydrogen) atoms. The Kier molecular flexibility index (Phi) is 6.34. The lowest BCUT2D eigenvalue weighted by Gasteiger charge is -2.25. The largest absolute Gasteiger partial charge is 0.458 e. The van der Waals surface area contributed by atoms with Gasteiger partial charge in [-0.1, -0.05) is 13.2 Å². The van der Waals surface area contributed by atoms with Gasteiger partial charge in [0.1, 0.15) is 13.2 Å². The molecular weight excluding hydrogens is 250 g/mol. The van der Waals surface area contributed by atoms with Gasteiger partial charge >= 0.3 is 11.9 Å². The van der Waals surface area contributed by atoms with Crippen LogP contribution < -0.4 is 0 Å². The third-order valence-corrected chi connectivity index (χ3v) is 2.01. The predicted molar refractivity (Wildman–Crippen MR) is 66.6 cm³/mol. The van der Waals surface area contributed by atoms with Gasteiger partial charge in [-0.3, -0.25) is 0 Å². The third-order valence-electron chi connectivity index (χ3n) is 2.01. The van der Waals surface area contributed by atoms with Crippen molar-refractivity contribution in [1.82, 2.24) is 0 Å². The number of esters is 2. The van der Waals surface area contributed by atoms with E-state index >= 15 is 0 Å². The summed E-state index contributed by atoms with van der Waals surface area (Å²) in [4.78, 5) is 22.5. The highest BCUT2D eigenvalue weighted by Gasteiger charge is 2.31. The van der Waals surface area contributed by atoms with Crippen molar-refractivity contribution in [2.24, 2.45) is 0 Å². The Hall–Kier alpha value is -2.29. The lowest BCUT2D eigenvalue weighted by Crippen LogP contribution is -2.40. The van der Waals surface area contributed by atoms with Gasteiger partial charge in [0.2, 0.25) is 0 Å². The molecule has 0 rings (SSSR count). The molecule has 0 aliphatic heterocycles. The van der Waals surface area contributed by atoms with Crippen LogP contribution >= 0.6 is 0 Å². The van der Waals surface area contributed by atoms with Gasteiger partial charge in [0.15, 0.2) is 5.60 Å². The monoisotopic (exact) mass is 267 g/mol. The summed E-state index contributed by atoms with van der Waals surface area (Å²) in [5.74, 6) is -1.22. The van der Waals surface area contributed by atoms with E-state index in [2.05, 4.69) is 13.2 Å². The molecule has 0 aromatic rings. The molecule has 0 bridgehead atoms. The minimum atomic E-state index is -1.25. The lowest BCUT2D eigenvalue weighted by molar-refractivity contribution is -0.155. The van der Waals surface area contributed by atoms with E-state index in [4.69, 9.17) is 19.5 Å². The first kappa shape index (κ1) is 16.7. The molecular formula is C13H17NO5. The van der Waals surface area contributed by atoms with Crippen LogP contribution in [0, 0.1) is 11.5 Å². The Labute approximate surface area is 112 Å². The number of carbonyl (C=O) groups excluding carboxylic acids is 2. The zero-order valence-electron chi connectivity index (χ0n) is 11.3. The maximum Gasteiger partial charge on any atom is 0.333 e. The Morgan fingerprint density at radius 1 is 1.11 bits per heavy atom. The summed E-state index contributed by atoms with van der Waals surface area (Å²) in [6.07, 6.45) is 1.49. The number of nitrogens with zero attached hydrogens (tertiary/aromatic N) is 1. The maximum atomic E-state index is 11.3. The molecule has 0 spiro atoms. The van der Waals surface area contributed by atoms with Crippen molar-refractivity contribution in [2.45, 2.75) is 26.4 Å². The van der Waals surface area contributed by atoms with Crippen LogP contribution in [0.3, 0.4) is 0 Å². The minimum absolute atomic E-state index is 0.221. The Morgan fingerprint density at radius 3 is 1.74 bits per heavy atom. The molecule has 0 heterocycles. The third kappa shape index (κ3) is 6.27. The molecule has 0 fully saturated rings. The normalized spacial score (nSPS) is 10.0. The second-order valence-corrected chi connectivity index (χ2v) is 4.36. The first-order chi connectivity index (χ1) is 8.72. The molecule has 0 aromatic carbocycles. The van der Waals surface area contributed by atoms with Crippen molar-refractivity contribution in [2.75, 3.05) is 13.2 Å². The zero-order valence-corrected chi connectivity index (χ0v) is 11.3. The molecule has 0 atom stereocenters. The van der Waals surface area contributed by atoms with Crippen LogP contribution in [-0.2, 0) is 23.8 Å². The van der Waals surface area contributed by atoms with E-state index in [9.17, 15) is 9.59 Å². The topological polar surface area (TPSA) is 85.6 Å². The molecule has 104 valence electrons. The Bertz CT molecular complexity index is 403. The van der Waals surface area contributed by atoms with Gasteiger partial charge in [0, 0.05) is 11.1 Å². The summed E-state index contributed by atoms with van der Waals surface area (Å²) in [6.45, 7) is 10.8. The van der Waals surface area contributed by atoms with Crippen LogP contribution in [0.1, 0.15) is 20.8 Å². The smallest absolute Gasteiger partial charge is 0.333 e. The summed E-state index contributed by atoms with van der Waals surface area (Å²) in [7, 11) is 0. The van der Waals surface area contributed by atoms with Crippen LogP contribution in [0.15, 0.2) is 24.3 Å². The molecule has 0 aliphatic carbocycles. The van der Waals surface area contributed by atoms with E-state index in [1.165, 1.54) is 27.0 Å². The highest BCUT2D eigenvalue weighted by molar-refractivity contribution is 5.87. The summed E-state index contributed by atoms with van der Waals surface area (Å²) in [5.41, 5.74) is -0.804. The molecule has 0 amide bonds. The molecule has 6 nitrogen and oxygen atoms in total. The van der Waals surface area contributed by atoms with E-state index in [1.54, 1.807) is 0 Å².